The predicted octanol–water partition coefficient (Wildman–Crippen LogP) is 2.78. The smallest absolute Gasteiger partial charge is 0.122 e. The minimum absolute atomic E-state index is 0.415. The van der Waals surface area contributed by atoms with Crippen LogP contribution in [0.2, 0.25) is 0 Å². The van der Waals surface area contributed by atoms with Crippen LogP contribution in [-0.4, -0.2) is 11.6 Å². The summed E-state index contributed by atoms with van der Waals surface area (Å²) >= 11 is 5.63. The molecule has 0 unspecified atom stereocenters. The van der Waals surface area contributed by atoms with Gasteiger partial charge >= 0.3 is 0 Å². The van der Waals surface area contributed by atoms with Crippen molar-refractivity contribution in [3.63, 3.8) is 0 Å². The van der Waals surface area contributed by atoms with Crippen molar-refractivity contribution < 1.29 is 4.74 Å². The van der Waals surface area contributed by atoms with Crippen molar-refractivity contribution in [1.82, 2.24) is 4.98 Å². The average Bonchev–Trinajstić information content (AvgIpc) is 2.19. The molecule has 0 aliphatic rings. The van der Waals surface area contributed by atoms with Crippen LogP contribution in [0.3, 0.4) is 0 Å². The molecule has 0 amide bonds. The summed E-state index contributed by atoms with van der Waals surface area (Å²) in [4.78, 5) is 4.05. The summed E-state index contributed by atoms with van der Waals surface area (Å²) in [5, 5.41) is 0. The maximum atomic E-state index is 5.63. The second-order valence-corrected chi connectivity index (χ2v) is 2.81. The Morgan fingerprint density at radius 2 is 2.46 bits per heavy atom. The Hall–Kier alpha value is -1.02. The van der Waals surface area contributed by atoms with Crippen molar-refractivity contribution in [2.75, 3.05) is 6.61 Å². The third-order valence-corrected chi connectivity index (χ3v) is 1.79. The molecule has 0 spiro atoms. The van der Waals surface area contributed by atoms with Gasteiger partial charge < -0.3 is 4.74 Å². The Kier molecular flexibility index (Phi) is 4.33. The molecule has 0 bridgehead atoms. The van der Waals surface area contributed by atoms with Crippen LogP contribution in [0.5, 0.6) is 5.75 Å². The molecule has 0 atom stereocenters. The van der Waals surface area contributed by atoms with Crippen molar-refractivity contribution in [3.8, 4) is 5.75 Å². The van der Waals surface area contributed by atoms with Crippen LogP contribution in [0.25, 0.3) is 0 Å². The highest BCUT2D eigenvalue weighted by molar-refractivity contribution is 6.16. The van der Waals surface area contributed by atoms with Crippen molar-refractivity contribution in [3.05, 3.63) is 36.7 Å². The zero-order chi connectivity index (χ0) is 9.52. The summed E-state index contributed by atoms with van der Waals surface area (Å²) < 4.78 is 5.42. The standard InChI is InChI=1S/C10H12ClNO/c1-2-3-6-13-10-4-5-12-9(7-10)8-11/h2,4-5,7H,1,3,6,8H2. The number of hydrogen-bond donors (Lipinski definition) is 0. The fraction of sp³-hybridized carbons (Fsp3) is 0.300. The number of ether oxygens (including phenoxy) is 1. The van der Waals surface area contributed by atoms with E-state index in [1.807, 2.05) is 18.2 Å². The monoisotopic (exact) mass is 197 g/mol. The molecule has 0 aliphatic carbocycles. The first kappa shape index (κ1) is 10.1. The third kappa shape index (κ3) is 3.47. The highest BCUT2D eigenvalue weighted by Gasteiger charge is 1.95. The average molecular weight is 198 g/mol. The number of alkyl halides is 1. The van der Waals surface area contributed by atoms with Gasteiger partial charge in [0.1, 0.15) is 5.75 Å². The second-order valence-electron chi connectivity index (χ2n) is 2.54. The van der Waals surface area contributed by atoms with Crippen molar-refractivity contribution in [1.29, 1.82) is 0 Å². The molecule has 1 aromatic heterocycles. The van der Waals surface area contributed by atoms with Gasteiger partial charge in [-0.25, -0.2) is 0 Å². The first-order valence-corrected chi connectivity index (χ1v) is 4.65. The van der Waals surface area contributed by atoms with Crippen molar-refractivity contribution >= 4 is 11.6 Å². The molecule has 13 heavy (non-hydrogen) atoms. The molecule has 0 saturated carbocycles. The molecular weight excluding hydrogens is 186 g/mol. The number of halogens is 1. The van der Waals surface area contributed by atoms with E-state index in [2.05, 4.69) is 11.6 Å². The third-order valence-electron chi connectivity index (χ3n) is 1.52. The van der Waals surface area contributed by atoms with Gasteiger partial charge in [0.05, 0.1) is 18.2 Å². The second kappa shape index (κ2) is 5.60. The Balaban J connectivity index is 2.50. The van der Waals surface area contributed by atoms with E-state index in [0.29, 0.717) is 12.5 Å². The van der Waals surface area contributed by atoms with E-state index in [0.717, 1.165) is 17.9 Å². The van der Waals surface area contributed by atoms with Crippen LogP contribution in [0.4, 0.5) is 0 Å². The number of rotatable bonds is 5. The number of nitrogens with zero attached hydrogens (tertiary/aromatic N) is 1. The maximum Gasteiger partial charge on any atom is 0.122 e. The van der Waals surface area contributed by atoms with E-state index >= 15 is 0 Å². The maximum absolute atomic E-state index is 5.63. The van der Waals surface area contributed by atoms with Crippen LogP contribution >= 0.6 is 11.6 Å². The molecular formula is C10H12ClNO. The largest absolute Gasteiger partial charge is 0.493 e. The van der Waals surface area contributed by atoms with Crippen LogP contribution in [0.1, 0.15) is 12.1 Å². The lowest BCUT2D eigenvalue weighted by molar-refractivity contribution is 0.324. The summed E-state index contributed by atoms with van der Waals surface area (Å²) in [6, 6.07) is 3.66. The van der Waals surface area contributed by atoms with Gasteiger partial charge in [-0.3, -0.25) is 4.98 Å². The fourth-order valence-electron chi connectivity index (χ4n) is 0.879. The quantitative estimate of drug-likeness (QED) is 0.412. The summed E-state index contributed by atoms with van der Waals surface area (Å²) in [6.45, 7) is 4.26. The molecule has 0 N–H and O–H groups in total. The van der Waals surface area contributed by atoms with Crippen LogP contribution < -0.4 is 4.74 Å². The molecule has 2 nitrogen and oxygen atoms in total. The Morgan fingerprint density at radius 3 is 3.15 bits per heavy atom. The molecule has 3 heteroatoms. The lowest BCUT2D eigenvalue weighted by Crippen LogP contribution is -1.96. The first-order valence-electron chi connectivity index (χ1n) is 4.11. The van der Waals surface area contributed by atoms with E-state index in [1.54, 1.807) is 6.20 Å². The van der Waals surface area contributed by atoms with Gasteiger partial charge in [-0.2, -0.15) is 0 Å². The summed E-state index contributed by atoms with van der Waals surface area (Å²) in [6.07, 6.45) is 4.36. The normalized spacial score (nSPS) is 9.62. The molecule has 70 valence electrons. The first-order chi connectivity index (χ1) is 6.36. The predicted molar refractivity (Wildman–Crippen MR) is 54.1 cm³/mol. The molecule has 0 fully saturated rings. The van der Waals surface area contributed by atoms with Crippen LogP contribution in [0.15, 0.2) is 31.0 Å². The van der Waals surface area contributed by atoms with E-state index in [1.165, 1.54) is 0 Å². The molecule has 0 radical (unpaired) electrons. The Morgan fingerprint density at radius 1 is 1.62 bits per heavy atom. The van der Waals surface area contributed by atoms with E-state index in [9.17, 15) is 0 Å². The highest BCUT2D eigenvalue weighted by Crippen LogP contribution is 2.12. The molecule has 0 aliphatic heterocycles. The van der Waals surface area contributed by atoms with E-state index in [4.69, 9.17) is 16.3 Å². The zero-order valence-corrected chi connectivity index (χ0v) is 8.13. The van der Waals surface area contributed by atoms with Gasteiger partial charge in [-0.15, -0.1) is 18.2 Å². The van der Waals surface area contributed by atoms with Gasteiger partial charge in [0.15, 0.2) is 0 Å². The molecule has 1 aromatic rings. The van der Waals surface area contributed by atoms with E-state index in [-0.39, 0.29) is 0 Å². The highest BCUT2D eigenvalue weighted by atomic mass is 35.5. The molecule has 1 heterocycles. The zero-order valence-electron chi connectivity index (χ0n) is 7.37. The van der Waals surface area contributed by atoms with Gasteiger partial charge in [0.25, 0.3) is 0 Å². The Bertz CT molecular complexity index is 275. The number of pyridine rings is 1. The van der Waals surface area contributed by atoms with Gasteiger partial charge in [0.2, 0.25) is 0 Å². The molecule has 0 aromatic carbocycles. The summed E-state index contributed by atoms with van der Waals surface area (Å²) in [5.74, 6) is 1.23. The fourth-order valence-corrected chi connectivity index (χ4v) is 1.03. The number of hydrogen-bond acceptors (Lipinski definition) is 2. The Labute approximate surface area is 83.2 Å². The minimum atomic E-state index is 0.415. The van der Waals surface area contributed by atoms with Gasteiger partial charge in [0, 0.05) is 12.3 Å². The lowest BCUT2D eigenvalue weighted by atomic mass is 10.3. The number of aromatic nitrogens is 1. The van der Waals surface area contributed by atoms with Gasteiger partial charge in [-0.1, -0.05) is 6.08 Å². The van der Waals surface area contributed by atoms with Crippen LogP contribution in [0, 0.1) is 0 Å². The lowest BCUT2D eigenvalue weighted by Gasteiger charge is -2.04. The van der Waals surface area contributed by atoms with E-state index < -0.39 is 0 Å². The summed E-state index contributed by atoms with van der Waals surface area (Å²) in [5.41, 5.74) is 0.831. The van der Waals surface area contributed by atoms with Gasteiger partial charge in [-0.05, 0) is 12.5 Å². The minimum Gasteiger partial charge on any atom is -0.493 e. The molecule has 1 rings (SSSR count). The van der Waals surface area contributed by atoms with Crippen molar-refractivity contribution in [2.24, 2.45) is 0 Å². The summed E-state index contributed by atoms with van der Waals surface area (Å²) in [7, 11) is 0. The SMILES string of the molecule is C=CCCOc1ccnc(CCl)c1. The van der Waals surface area contributed by atoms with Crippen molar-refractivity contribution in [2.45, 2.75) is 12.3 Å². The topological polar surface area (TPSA) is 22.1 Å². The molecule has 0 saturated heterocycles. The van der Waals surface area contributed by atoms with Crippen LogP contribution in [-0.2, 0) is 5.88 Å².